The molecule has 172 valence electrons. The van der Waals surface area contributed by atoms with Crippen LogP contribution in [0.1, 0.15) is 30.0 Å². The lowest BCUT2D eigenvalue weighted by atomic mass is 9.98. The van der Waals surface area contributed by atoms with Gasteiger partial charge in [-0.2, -0.15) is 5.26 Å². The summed E-state index contributed by atoms with van der Waals surface area (Å²) in [4.78, 5) is 9.54. The zero-order chi connectivity index (χ0) is 23.1. The average Bonchev–Trinajstić information content (AvgIpc) is 3.08. The molecule has 0 radical (unpaired) electrons. The van der Waals surface area contributed by atoms with Gasteiger partial charge in [-0.15, -0.1) is 0 Å². The number of rotatable bonds is 2. The zero-order valence-electron chi connectivity index (χ0n) is 19.5. The number of anilines is 1. The van der Waals surface area contributed by atoms with Crippen LogP contribution < -0.4 is 15.0 Å². The van der Waals surface area contributed by atoms with Crippen molar-refractivity contribution in [3.8, 4) is 11.8 Å². The van der Waals surface area contributed by atoms with E-state index < -0.39 is 0 Å². The third kappa shape index (κ3) is 3.71. The van der Waals surface area contributed by atoms with Crippen molar-refractivity contribution in [3.63, 3.8) is 0 Å². The summed E-state index contributed by atoms with van der Waals surface area (Å²) in [6.07, 6.45) is 5.12. The third-order valence-electron chi connectivity index (χ3n) is 7.44. The Bertz CT molecular complexity index is 1310. The van der Waals surface area contributed by atoms with Gasteiger partial charge in [-0.1, -0.05) is 18.2 Å². The normalized spacial score (nSPS) is 22.7. The molecule has 6 nitrogen and oxygen atoms in total. The topological polar surface area (TPSA) is 64.4 Å². The van der Waals surface area contributed by atoms with E-state index >= 15 is 0 Å². The number of benzene rings is 2. The molecule has 2 atom stereocenters. The summed E-state index contributed by atoms with van der Waals surface area (Å²) in [6.45, 7) is 7.68. The van der Waals surface area contributed by atoms with Crippen molar-refractivity contribution in [2.45, 2.75) is 32.0 Å². The van der Waals surface area contributed by atoms with E-state index in [1.165, 1.54) is 16.7 Å². The SMILES string of the molecule is C[C@@H]1CN(c2ccc(C#N)c3ncccc23)C[C@@H]2COc3cc(C4=CCNCC4)ccc3CN21. The molecule has 1 fully saturated rings. The van der Waals surface area contributed by atoms with E-state index in [0.717, 1.165) is 61.5 Å². The number of piperazine rings is 1. The van der Waals surface area contributed by atoms with E-state index in [1.807, 2.05) is 12.1 Å². The summed E-state index contributed by atoms with van der Waals surface area (Å²) in [6, 6.07) is 17.7. The number of ether oxygens (including phenoxy) is 1. The molecule has 3 aliphatic rings. The molecule has 4 heterocycles. The predicted molar refractivity (Wildman–Crippen MR) is 135 cm³/mol. The maximum Gasteiger partial charge on any atom is 0.124 e. The van der Waals surface area contributed by atoms with Crippen LogP contribution >= 0.6 is 0 Å². The van der Waals surface area contributed by atoms with Gasteiger partial charge in [0.1, 0.15) is 18.4 Å². The van der Waals surface area contributed by atoms with Crippen molar-refractivity contribution in [3.05, 3.63) is 71.4 Å². The van der Waals surface area contributed by atoms with Crippen LogP contribution in [0, 0.1) is 11.3 Å². The minimum Gasteiger partial charge on any atom is -0.492 e. The van der Waals surface area contributed by atoms with E-state index in [0.29, 0.717) is 24.3 Å². The first-order valence-corrected chi connectivity index (χ1v) is 12.2. The Hall–Kier alpha value is -3.40. The molecular formula is C28H29N5O. The van der Waals surface area contributed by atoms with E-state index in [1.54, 1.807) is 6.20 Å². The smallest absolute Gasteiger partial charge is 0.124 e. The summed E-state index contributed by atoms with van der Waals surface area (Å²) in [5.41, 5.74) is 6.52. The molecule has 1 saturated heterocycles. The fourth-order valence-corrected chi connectivity index (χ4v) is 5.66. The lowest BCUT2D eigenvalue weighted by Crippen LogP contribution is -2.58. The number of hydrogen-bond acceptors (Lipinski definition) is 6. The first-order valence-electron chi connectivity index (χ1n) is 12.2. The Morgan fingerprint density at radius 2 is 2.12 bits per heavy atom. The maximum atomic E-state index is 9.52. The molecule has 0 saturated carbocycles. The van der Waals surface area contributed by atoms with Crippen molar-refractivity contribution in [2.24, 2.45) is 0 Å². The molecule has 2 aromatic carbocycles. The van der Waals surface area contributed by atoms with E-state index in [9.17, 15) is 5.26 Å². The Balaban J connectivity index is 1.28. The molecule has 0 unspecified atom stereocenters. The first-order chi connectivity index (χ1) is 16.7. The van der Waals surface area contributed by atoms with Crippen LogP contribution in [-0.4, -0.2) is 54.8 Å². The highest BCUT2D eigenvalue weighted by molar-refractivity contribution is 5.95. The fraction of sp³-hybridized carbons (Fsp3) is 0.357. The molecule has 6 rings (SSSR count). The number of aromatic nitrogens is 1. The van der Waals surface area contributed by atoms with Gasteiger partial charge in [-0.25, -0.2) is 0 Å². The first kappa shape index (κ1) is 21.2. The Morgan fingerprint density at radius 1 is 1.18 bits per heavy atom. The van der Waals surface area contributed by atoms with E-state index in [-0.39, 0.29) is 0 Å². The molecule has 1 aromatic heterocycles. The highest BCUT2D eigenvalue weighted by Gasteiger charge is 2.35. The Labute approximate surface area is 200 Å². The lowest BCUT2D eigenvalue weighted by Gasteiger charge is -2.45. The van der Waals surface area contributed by atoms with Crippen molar-refractivity contribution in [1.82, 2.24) is 15.2 Å². The van der Waals surface area contributed by atoms with Gasteiger partial charge in [0, 0.05) is 55.1 Å². The van der Waals surface area contributed by atoms with Gasteiger partial charge in [0.25, 0.3) is 0 Å². The molecular weight excluding hydrogens is 422 g/mol. The second kappa shape index (κ2) is 8.75. The van der Waals surface area contributed by atoms with Gasteiger partial charge >= 0.3 is 0 Å². The van der Waals surface area contributed by atoms with Crippen LogP contribution in [0.5, 0.6) is 5.75 Å². The molecule has 0 spiro atoms. The number of nitriles is 1. The predicted octanol–water partition coefficient (Wildman–Crippen LogP) is 3.95. The van der Waals surface area contributed by atoms with Crippen LogP contribution in [0.3, 0.4) is 0 Å². The minimum atomic E-state index is 0.292. The van der Waals surface area contributed by atoms with Gasteiger partial charge in [0.05, 0.1) is 17.1 Å². The quantitative estimate of drug-likeness (QED) is 0.637. The third-order valence-corrected chi connectivity index (χ3v) is 7.44. The number of nitrogens with zero attached hydrogens (tertiary/aromatic N) is 4. The molecule has 34 heavy (non-hydrogen) atoms. The number of hydrogen-bond donors (Lipinski definition) is 1. The summed E-state index contributed by atoms with van der Waals surface area (Å²) < 4.78 is 6.44. The van der Waals surface area contributed by atoms with Crippen LogP contribution in [-0.2, 0) is 6.54 Å². The van der Waals surface area contributed by atoms with Gasteiger partial charge in [0.2, 0.25) is 0 Å². The molecule has 0 aliphatic carbocycles. The monoisotopic (exact) mass is 451 g/mol. The van der Waals surface area contributed by atoms with Crippen molar-refractivity contribution in [2.75, 3.05) is 37.7 Å². The van der Waals surface area contributed by atoms with Crippen molar-refractivity contribution >= 4 is 22.2 Å². The molecule has 6 heteroatoms. The Morgan fingerprint density at radius 3 is 2.97 bits per heavy atom. The van der Waals surface area contributed by atoms with Gasteiger partial charge in [-0.3, -0.25) is 9.88 Å². The molecule has 3 aromatic rings. The van der Waals surface area contributed by atoms with Gasteiger partial charge in [-0.05, 0) is 61.4 Å². The number of pyridine rings is 1. The van der Waals surface area contributed by atoms with Gasteiger partial charge in [0.15, 0.2) is 0 Å². The standard InChI is InChI=1S/C28H29N5O/c1-19-15-32(26-7-6-22(14-29)28-25(26)3-2-10-31-28)17-24-18-34-27-13-21(20-8-11-30-12-9-20)4-5-23(27)16-33(19)24/h2-8,10,13,19,24,30H,9,11-12,15-18H2,1H3/t19-,24-/m1/s1. The highest BCUT2D eigenvalue weighted by Crippen LogP contribution is 2.35. The van der Waals surface area contributed by atoms with Crippen molar-refractivity contribution in [1.29, 1.82) is 5.26 Å². The van der Waals surface area contributed by atoms with Crippen LogP contribution in [0.25, 0.3) is 16.5 Å². The number of fused-ring (bicyclic) bond motifs is 3. The second-order valence-corrected chi connectivity index (χ2v) is 9.54. The van der Waals surface area contributed by atoms with Crippen LogP contribution in [0.2, 0.25) is 0 Å². The van der Waals surface area contributed by atoms with Crippen LogP contribution in [0.15, 0.2) is 54.7 Å². The summed E-state index contributed by atoms with van der Waals surface area (Å²) >= 11 is 0. The minimum absolute atomic E-state index is 0.292. The van der Waals surface area contributed by atoms with E-state index in [4.69, 9.17) is 4.74 Å². The largest absolute Gasteiger partial charge is 0.492 e. The maximum absolute atomic E-state index is 9.52. The number of nitrogens with one attached hydrogen (secondary N) is 1. The molecule has 1 N–H and O–H groups in total. The van der Waals surface area contributed by atoms with Crippen LogP contribution in [0.4, 0.5) is 5.69 Å². The van der Waals surface area contributed by atoms with Crippen molar-refractivity contribution < 1.29 is 4.74 Å². The average molecular weight is 452 g/mol. The molecule has 0 bridgehead atoms. The highest BCUT2D eigenvalue weighted by atomic mass is 16.5. The summed E-state index contributed by atoms with van der Waals surface area (Å²) in [7, 11) is 0. The Kier molecular flexibility index (Phi) is 5.44. The molecule has 3 aliphatic heterocycles. The molecule has 0 amide bonds. The van der Waals surface area contributed by atoms with E-state index in [2.05, 4.69) is 69.5 Å². The summed E-state index contributed by atoms with van der Waals surface area (Å²) in [5.74, 6) is 1.03. The second-order valence-electron chi connectivity index (χ2n) is 9.54. The lowest BCUT2D eigenvalue weighted by molar-refractivity contribution is 0.0892. The van der Waals surface area contributed by atoms with Gasteiger partial charge < -0.3 is 15.0 Å². The summed E-state index contributed by atoms with van der Waals surface area (Å²) in [5, 5.41) is 14.0. The fourth-order valence-electron chi connectivity index (χ4n) is 5.66. The zero-order valence-corrected chi connectivity index (χ0v) is 19.5.